The molecule has 1 aliphatic rings. The average Bonchev–Trinajstić information content (AvgIpc) is 3.16. The van der Waals surface area contributed by atoms with Crippen molar-refractivity contribution in [1.29, 1.82) is 0 Å². The summed E-state index contributed by atoms with van der Waals surface area (Å²) in [7, 11) is 0. The molecule has 38 heavy (non-hydrogen) atoms. The lowest BCUT2D eigenvalue weighted by molar-refractivity contribution is 0.563. The van der Waals surface area contributed by atoms with Crippen molar-refractivity contribution >= 4 is 62.5 Å². The second-order valence-electron chi connectivity index (χ2n) is 8.91. The highest BCUT2D eigenvalue weighted by molar-refractivity contribution is 9.10. The monoisotopic (exact) mass is 579 g/mol. The number of amidine groups is 2. The minimum Gasteiger partial charge on any atom is -0.294 e. The highest BCUT2D eigenvalue weighted by Gasteiger charge is 2.38. The predicted octanol–water partition coefficient (Wildman–Crippen LogP) is 7.96. The van der Waals surface area contributed by atoms with Crippen LogP contribution in [-0.2, 0) is 6.54 Å². The molecule has 0 bridgehead atoms. The van der Waals surface area contributed by atoms with Crippen molar-refractivity contribution in [3.63, 3.8) is 0 Å². The Morgan fingerprint density at radius 2 is 1.26 bits per heavy atom. The first-order chi connectivity index (χ1) is 18.5. The van der Waals surface area contributed by atoms with E-state index in [1.807, 2.05) is 96.8 Å². The van der Waals surface area contributed by atoms with Crippen LogP contribution >= 0.6 is 28.1 Å². The minimum absolute atomic E-state index is 0.516. The fourth-order valence-corrected chi connectivity index (χ4v) is 4.56. The summed E-state index contributed by atoms with van der Waals surface area (Å²) >= 11 is 9.51. The van der Waals surface area contributed by atoms with Crippen LogP contribution in [0.15, 0.2) is 123 Å². The second kappa shape index (κ2) is 11.6. The van der Waals surface area contributed by atoms with E-state index in [1.165, 1.54) is 0 Å². The number of hydrazone groups is 1. The molecule has 0 saturated carbocycles. The third-order valence-corrected chi connectivity index (χ3v) is 7.05. The highest BCUT2D eigenvalue weighted by atomic mass is 79.9. The third kappa shape index (κ3) is 5.79. The minimum atomic E-state index is 0.516. The van der Waals surface area contributed by atoms with Gasteiger partial charge in [-0.25, -0.2) is 9.98 Å². The van der Waals surface area contributed by atoms with Gasteiger partial charge in [0.25, 0.3) is 0 Å². The molecule has 7 heteroatoms. The number of nitrogens with zero attached hydrogens (tertiary/aromatic N) is 5. The van der Waals surface area contributed by atoms with Crippen molar-refractivity contribution in [3.8, 4) is 0 Å². The Hall–Kier alpha value is -3.94. The van der Waals surface area contributed by atoms with E-state index in [0.29, 0.717) is 23.3 Å². The summed E-state index contributed by atoms with van der Waals surface area (Å²) in [5.74, 6) is 1.24. The third-order valence-electron chi connectivity index (χ3n) is 6.13. The summed E-state index contributed by atoms with van der Waals surface area (Å²) in [6.45, 7) is 4.64. The van der Waals surface area contributed by atoms with E-state index in [9.17, 15) is 0 Å². The second-order valence-corrected chi connectivity index (χ2v) is 10.2. The van der Waals surface area contributed by atoms with Gasteiger partial charge in [-0.05, 0) is 72.6 Å². The zero-order chi connectivity index (χ0) is 26.5. The van der Waals surface area contributed by atoms with Crippen LogP contribution in [0.2, 0.25) is 0 Å². The van der Waals surface area contributed by atoms with Gasteiger partial charge in [0.05, 0.1) is 24.1 Å². The van der Waals surface area contributed by atoms with Gasteiger partial charge in [0.2, 0.25) is 10.9 Å². The van der Waals surface area contributed by atoms with Crippen molar-refractivity contribution in [2.24, 2.45) is 15.1 Å². The molecule has 0 spiro atoms. The van der Waals surface area contributed by atoms with Crippen LogP contribution in [0.25, 0.3) is 0 Å². The van der Waals surface area contributed by atoms with E-state index in [-0.39, 0.29) is 0 Å². The number of aliphatic imine (C=N–C) groups is 2. The number of benzene rings is 4. The van der Waals surface area contributed by atoms with E-state index < -0.39 is 0 Å². The van der Waals surface area contributed by atoms with Crippen molar-refractivity contribution in [2.45, 2.75) is 20.4 Å². The molecule has 4 aromatic rings. The molecule has 0 aliphatic carbocycles. The number of halogens is 1. The van der Waals surface area contributed by atoms with Gasteiger partial charge in [-0.15, -0.1) is 0 Å². The van der Waals surface area contributed by atoms with E-state index >= 15 is 0 Å². The quantitative estimate of drug-likeness (QED) is 0.172. The summed E-state index contributed by atoms with van der Waals surface area (Å²) in [6, 6.07) is 34.3. The van der Waals surface area contributed by atoms with Gasteiger partial charge in [-0.1, -0.05) is 94.8 Å². The summed E-state index contributed by atoms with van der Waals surface area (Å²) in [5.41, 5.74) is 5.89. The Balaban J connectivity index is 1.67. The van der Waals surface area contributed by atoms with E-state index in [0.717, 1.165) is 38.1 Å². The Morgan fingerprint density at radius 1 is 0.711 bits per heavy atom. The molecule has 5 rings (SSSR count). The Kier molecular flexibility index (Phi) is 7.86. The number of thiocarbonyl (C=S) groups is 1. The van der Waals surface area contributed by atoms with E-state index in [4.69, 9.17) is 27.3 Å². The Labute approximate surface area is 237 Å². The molecule has 4 aromatic carbocycles. The standard InChI is InChI=1S/C31H26BrN5S/c1-22-10-6-8-14-27(22)34-29-30(35-28-15-9-7-11-23(28)2)37(33-20-24-16-18-26(32)19-17-24)31(38)36(29)21-25-12-4-3-5-13-25/h3-20H,21H2,1-2H3/b33-20-,34-29?,35-30?. The molecular weight excluding hydrogens is 554 g/mol. The maximum atomic E-state index is 6.02. The highest BCUT2D eigenvalue weighted by Crippen LogP contribution is 2.27. The molecule has 1 saturated heterocycles. The predicted molar refractivity (Wildman–Crippen MR) is 165 cm³/mol. The summed E-state index contributed by atoms with van der Waals surface area (Å²) in [4.78, 5) is 12.2. The molecule has 1 fully saturated rings. The van der Waals surface area contributed by atoms with Crippen LogP contribution in [0, 0.1) is 13.8 Å². The maximum absolute atomic E-state index is 6.02. The van der Waals surface area contributed by atoms with Crippen LogP contribution in [0.4, 0.5) is 11.4 Å². The van der Waals surface area contributed by atoms with Crippen LogP contribution in [-0.4, -0.2) is 32.9 Å². The number of para-hydroxylation sites is 2. The van der Waals surface area contributed by atoms with Crippen LogP contribution in [0.5, 0.6) is 0 Å². The van der Waals surface area contributed by atoms with Gasteiger partial charge in [0, 0.05) is 4.47 Å². The molecule has 188 valence electrons. The lowest BCUT2D eigenvalue weighted by Gasteiger charge is -2.18. The molecule has 0 unspecified atom stereocenters. The van der Waals surface area contributed by atoms with E-state index in [2.05, 4.69) is 41.1 Å². The van der Waals surface area contributed by atoms with Gasteiger partial charge >= 0.3 is 0 Å². The molecule has 0 radical (unpaired) electrons. The molecular formula is C31H26BrN5S. The van der Waals surface area contributed by atoms with Gasteiger partial charge in [-0.3, -0.25) is 4.90 Å². The average molecular weight is 581 g/mol. The van der Waals surface area contributed by atoms with Crippen LogP contribution in [0.3, 0.4) is 0 Å². The molecule has 0 N–H and O–H groups in total. The molecule has 0 aromatic heterocycles. The number of hydrogen-bond donors (Lipinski definition) is 0. The van der Waals surface area contributed by atoms with Gasteiger partial charge in [0.15, 0.2) is 5.84 Å². The number of aryl methyl sites for hydroxylation is 2. The molecule has 1 heterocycles. The SMILES string of the molecule is Cc1ccccc1N=C1C(=Nc2ccccc2C)N(/N=C\c2ccc(Br)cc2)C(=S)N1Cc1ccccc1. The summed E-state index contributed by atoms with van der Waals surface area (Å²) < 4.78 is 1.01. The van der Waals surface area contributed by atoms with E-state index in [1.54, 1.807) is 11.2 Å². The van der Waals surface area contributed by atoms with Crippen molar-refractivity contribution in [3.05, 3.63) is 130 Å². The lowest BCUT2D eigenvalue weighted by atomic mass is 10.2. The number of hydrogen-bond acceptors (Lipinski definition) is 4. The Bertz CT molecular complexity index is 1540. The van der Waals surface area contributed by atoms with Crippen molar-refractivity contribution < 1.29 is 0 Å². The van der Waals surface area contributed by atoms with Crippen LogP contribution in [0.1, 0.15) is 22.3 Å². The fourth-order valence-electron chi connectivity index (χ4n) is 4.01. The normalized spacial score (nSPS) is 15.8. The smallest absolute Gasteiger partial charge is 0.204 e. The maximum Gasteiger partial charge on any atom is 0.204 e. The topological polar surface area (TPSA) is 43.6 Å². The molecule has 5 nitrogen and oxygen atoms in total. The van der Waals surface area contributed by atoms with Crippen LogP contribution < -0.4 is 0 Å². The largest absolute Gasteiger partial charge is 0.294 e. The molecule has 1 aliphatic heterocycles. The van der Waals surface area contributed by atoms with Gasteiger partial charge in [-0.2, -0.15) is 10.1 Å². The number of rotatable bonds is 6. The van der Waals surface area contributed by atoms with Gasteiger partial charge < -0.3 is 0 Å². The van der Waals surface area contributed by atoms with Crippen molar-refractivity contribution in [1.82, 2.24) is 9.91 Å². The Morgan fingerprint density at radius 3 is 1.87 bits per heavy atom. The zero-order valence-corrected chi connectivity index (χ0v) is 23.5. The summed E-state index contributed by atoms with van der Waals surface area (Å²) in [6.07, 6.45) is 1.80. The first kappa shape index (κ1) is 25.7. The van der Waals surface area contributed by atoms with Crippen molar-refractivity contribution in [2.75, 3.05) is 0 Å². The zero-order valence-electron chi connectivity index (χ0n) is 21.1. The summed E-state index contributed by atoms with van der Waals surface area (Å²) in [5, 5.41) is 7.04. The molecule has 0 atom stereocenters. The molecule has 0 amide bonds. The lowest BCUT2D eigenvalue weighted by Crippen LogP contribution is -2.30. The first-order valence-electron chi connectivity index (χ1n) is 12.2. The first-order valence-corrected chi connectivity index (χ1v) is 13.4. The van der Waals surface area contributed by atoms with Gasteiger partial charge in [0.1, 0.15) is 0 Å². The fraction of sp³-hybridized carbons (Fsp3) is 0.0968.